The Balaban J connectivity index is 0.950. The lowest BCUT2D eigenvalue weighted by molar-refractivity contribution is -0.335. The number of carbonyl (C=O) groups excluding carboxylic acids is 7. The predicted octanol–water partition coefficient (Wildman–Crippen LogP) is 13.5. The number of hydrogen-bond acceptors (Lipinski definition) is 23. The van der Waals surface area contributed by atoms with E-state index in [4.69, 9.17) is 71.1 Å². The first-order chi connectivity index (χ1) is 54.9. The third-order valence-corrected chi connectivity index (χ3v) is 19.8. The lowest BCUT2D eigenvalue weighted by Gasteiger charge is -2.49. The number of esters is 7. The van der Waals surface area contributed by atoms with E-state index in [0.29, 0.717) is 0 Å². The van der Waals surface area contributed by atoms with Gasteiger partial charge < -0.3 is 71.1 Å². The Kier molecular flexibility index (Phi) is 27.7. The number of carbonyl (C=O) groups is 7. The maximum Gasteiger partial charge on any atom is 0.338 e. The highest BCUT2D eigenvalue weighted by Crippen LogP contribution is 2.42. The van der Waals surface area contributed by atoms with Crippen LogP contribution in [0.1, 0.15) is 89.2 Å². The molecule has 0 aromatic heterocycles. The molecule has 22 nitrogen and oxygen atoms in total. The Labute approximate surface area is 650 Å². The van der Waals surface area contributed by atoms with Gasteiger partial charge in [-0.05, 0) is 102 Å². The summed E-state index contributed by atoms with van der Waals surface area (Å²) in [5.74, 6) is -6.74. The second kappa shape index (κ2) is 39.4. The van der Waals surface area contributed by atoms with Gasteiger partial charge in [-0.15, -0.1) is 11.8 Å². The Bertz CT molecular complexity index is 4640. The highest BCUT2D eigenvalue weighted by atomic mass is 32.2. The van der Waals surface area contributed by atoms with E-state index >= 15 is 14.4 Å². The van der Waals surface area contributed by atoms with Gasteiger partial charge in [0.05, 0.1) is 64.9 Å². The van der Waals surface area contributed by atoms with Crippen LogP contribution in [0.2, 0.25) is 0 Å². The molecular formula is C89H80O22S. The molecule has 0 aliphatic carbocycles. The van der Waals surface area contributed by atoms with Crippen molar-refractivity contribution in [3.63, 3.8) is 0 Å². The average molecular weight is 1530 g/mol. The van der Waals surface area contributed by atoms with Gasteiger partial charge in [0.2, 0.25) is 0 Å². The summed E-state index contributed by atoms with van der Waals surface area (Å²) in [4.78, 5) is 104. The van der Waals surface area contributed by atoms with Crippen molar-refractivity contribution in [2.45, 2.75) is 111 Å². The molecule has 15 atom stereocenters. The number of hydrogen-bond donors (Lipinski definition) is 0. The number of rotatable bonds is 31. The van der Waals surface area contributed by atoms with Crippen LogP contribution in [0, 0.1) is 0 Å². The van der Waals surface area contributed by atoms with Gasteiger partial charge in [0.1, 0.15) is 55.3 Å². The Hall–Kier alpha value is -11.5. The minimum absolute atomic E-state index is 0.00264. The molecule has 112 heavy (non-hydrogen) atoms. The van der Waals surface area contributed by atoms with Crippen molar-refractivity contribution < 1.29 is 105 Å². The molecular weight excluding hydrogens is 1450 g/mol. The molecule has 0 N–H and O–H groups in total. The van der Waals surface area contributed by atoms with Crippen molar-refractivity contribution >= 4 is 53.5 Å². The molecule has 3 fully saturated rings. The minimum Gasteiger partial charge on any atom is -0.459 e. The van der Waals surface area contributed by atoms with Gasteiger partial charge in [0, 0.05) is 12.9 Å². The summed E-state index contributed by atoms with van der Waals surface area (Å²) in [7, 11) is 1.49. The van der Waals surface area contributed by atoms with Crippen LogP contribution in [0.15, 0.2) is 303 Å². The maximum atomic E-state index is 15.4. The third kappa shape index (κ3) is 20.7. The van der Waals surface area contributed by atoms with Crippen LogP contribution in [-0.4, -0.2) is 159 Å². The zero-order chi connectivity index (χ0) is 77.4. The van der Waals surface area contributed by atoms with Crippen molar-refractivity contribution in [1.82, 2.24) is 0 Å². The summed E-state index contributed by atoms with van der Waals surface area (Å²) in [5, 5.41) is 0. The van der Waals surface area contributed by atoms with Crippen molar-refractivity contribution in [2.75, 3.05) is 26.1 Å². The lowest BCUT2D eigenvalue weighted by atomic mass is 9.96. The largest absolute Gasteiger partial charge is 0.459 e. The first kappa shape index (κ1) is 78.6. The van der Waals surface area contributed by atoms with E-state index in [-0.39, 0.29) is 64.5 Å². The van der Waals surface area contributed by atoms with Gasteiger partial charge in [-0.3, -0.25) is 0 Å². The van der Waals surface area contributed by atoms with Crippen molar-refractivity contribution in [3.8, 4) is 0 Å². The highest BCUT2D eigenvalue weighted by molar-refractivity contribution is 7.99. The fraction of sp³-hybridized carbons (Fsp3) is 0.247. The summed E-state index contributed by atoms with van der Waals surface area (Å²) < 4.78 is 101. The van der Waals surface area contributed by atoms with Crippen molar-refractivity contribution in [3.05, 3.63) is 359 Å². The molecule has 0 spiro atoms. The summed E-state index contributed by atoms with van der Waals surface area (Å²) in [6, 6.07) is 83.9. The standard InChI is InChI=1S/C89H80O22S/c1-97-87-77(100-54-60-36-16-4-17-37-60)74(99-53-59-34-14-3-15-35-59)71(98-52-58-32-12-2-13-33-58)70(104-87)57-112-89-79(110-86(96)67-50-30-11-31-51-67)76(108-84(94)65-46-26-9-27-47-65)73(69(105-89)56-102-81(91)62-40-20-6-21-41-62)111-88-78(109-85(95)66-48-28-10-29-49-66)75(107-83(93)64-44-24-8-25-45-64)72(106-82(92)63-42-22-7-23-43-63)68(103-88)55-101-80(90)61-38-18-5-19-39-61/h2-51,68-79,87-89H,52-57H2,1H3/t68-,69-,70-,71-,72+,73-,74+,75+,76+,77+,78-,79-,87+,88+,89+/m1/s1. The SMILES string of the molecule is CO[C@H]1O[C@H](CS[C@@H]2O[C@H](COC(=O)c3ccccc3)[C@@H](O[C@@H]3O[C@H](COC(=O)c4ccccc4)[C@H](OC(=O)c4ccccc4)[C@H](OC(=O)c4ccccc4)[C@H]3OC(=O)c3ccccc3)[C@H](OC(=O)c3ccccc3)[C@H]2OC(=O)c2ccccc2)[C@@H](OCc2ccccc2)[C@H](OCc2ccccc2)[C@@H]1OCc1ccccc1. The zero-order valence-corrected chi connectivity index (χ0v) is 61.5. The molecule has 3 saturated heterocycles. The van der Waals surface area contributed by atoms with E-state index in [2.05, 4.69) is 0 Å². The smallest absolute Gasteiger partial charge is 0.338 e. The fourth-order valence-electron chi connectivity index (χ4n) is 13.0. The average Bonchev–Trinajstić information content (AvgIpc) is 0.754. The molecule has 574 valence electrons. The van der Waals surface area contributed by atoms with Gasteiger partial charge in [-0.25, -0.2) is 33.6 Å². The Morgan fingerprint density at radius 3 is 0.929 bits per heavy atom. The molecule has 10 aromatic carbocycles. The van der Waals surface area contributed by atoms with Crippen LogP contribution in [0.3, 0.4) is 0 Å². The van der Waals surface area contributed by atoms with Crippen LogP contribution >= 0.6 is 11.8 Å². The van der Waals surface area contributed by atoms with Crippen LogP contribution in [0.25, 0.3) is 0 Å². The van der Waals surface area contributed by atoms with Crippen LogP contribution < -0.4 is 0 Å². The molecule has 0 amide bonds. The van der Waals surface area contributed by atoms with Gasteiger partial charge in [-0.1, -0.05) is 218 Å². The van der Waals surface area contributed by atoms with Crippen molar-refractivity contribution in [2.24, 2.45) is 0 Å². The number of thioether (sulfide) groups is 1. The first-order valence-electron chi connectivity index (χ1n) is 36.4. The molecule has 23 heteroatoms. The normalized spacial score (nSPS) is 23.3. The molecule has 0 saturated carbocycles. The van der Waals surface area contributed by atoms with Crippen molar-refractivity contribution in [1.29, 1.82) is 0 Å². The topological polar surface area (TPSA) is 258 Å². The molecule has 10 aromatic rings. The second-order valence-electron chi connectivity index (χ2n) is 26.2. The van der Waals surface area contributed by atoms with E-state index in [1.807, 2.05) is 91.0 Å². The third-order valence-electron chi connectivity index (χ3n) is 18.6. The maximum absolute atomic E-state index is 15.4. The molecule has 3 aliphatic heterocycles. The van der Waals surface area contributed by atoms with E-state index in [1.165, 1.54) is 92.0 Å². The van der Waals surface area contributed by atoms with Crippen LogP contribution in [-0.2, 0) is 90.9 Å². The fourth-order valence-corrected chi connectivity index (χ4v) is 14.2. The Morgan fingerprint density at radius 1 is 0.277 bits per heavy atom. The van der Waals surface area contributed by atoms with Gasteiger partial charge in [-0.2, -0.15) is 0 Å². The zero-order valence-electron chi connectivity index (χ0n) is 60.7. The van der Waals surface area contributed by atoms with Crippen LogP contribution in [0.4, 0.5) is 0 Å². The second-order valence-corrected chi connectivity index (χ2v) is 27.3. The van der Waals surface area contributed by atoms with E-state index in [1.54, 1.807) is 127 Å². The van der Waals surface area contributed by atoms with E-state index < -0.39 is 146 Å². The molecule has 0 radical (unpaired) electrons. The summed E-state index contributed by atoms with van der Waals surface area (Å²) >= 11 is 1.05. The van der Waals surface area contributed by atoms with Gasteiger partial charge in [0.25, 0.3) is 0 Å². The van der Waals surface area contributed by atoms with Gasteiger partial charge >= 0.3 is 41.8 Å². The van der Waals surface area contributed by atoms with Gasteiger partial charge in [0.15, 0.2) is 43.1 Å². The summed E-state index contributed by atoms with van der Waals surface area (Å²) in [6.07, 6.45) is -21.9. The lowest BCUT2D eigenvalue weighted by Crippen LogP contribution is -2.67. The summed E-state index contributed by atoms with van der Waals surface area (Å²) in [6.45, 7) is -1.21. The minimum atomic E-state index is -2.13. The number of methoxy groups -OCH3 is 1. The molecule has 0 unspecified atom stereocenters. The molecule has 3 aliphatic rings. The van der Waals surface area contributed by atoms with E-state index in [9.17, 15) is 19.2 Å². The first-order valence-corrected chi connectivity index (χ1v) is 37.4. The highest BCUT2D eigenvalue weighted by Gasteiger charge is 2.59. The number of benzene rings is 10. The quantitative estimate of drug-likeness (QED) is 0.0289. The molecule has 0 bridgehead atoms. The number of ether oxygens (including phenoxy) is 15. The van der Waals surface area contributed by atoms with Crippen LogP contribution in [0.5, 0.6) is 0 Å². The molecule has 3 heterocycles. The summed E-state index contributed by atoms with van der Waals surface area (Å²) in [5.41, 5.74) is 1.36. The monoisotopic (exact) mass is 1530 g/mol. The molecule has 13 rings (SSSR count). The Morgan fingerprint density at radius 2 is 0.562 bits per heavy atom. The predicted molar refractivity (Wildman–Crippen MR) is 407 cm³/mol. The van der Waals surface area contributed by atoms with E-state index in [0.717, 1.165) is 28.5 Å².